The molecular weight excluding hydrogens is 326 g/mol. The standard InChI is InChI=1S/C21H25N3O2/c1-14-5-8-18(12-15(14)2)19-4-3-11-24(19)20(25)17-9-6-16(7-10-17)13-23-21(22)26/h5-10,12,19H,3-4,11,13H2,1-2H3,(H3,22,23,26)/t19-/m1/s1. The van der Waals surface area contributed by atoms with Crippen LogP contribution in [0.3, 0.4) is 0 Å². The first-order valence-electron chi connectivity index (χ1n) is 8.96. The topological polar surface area (TPSA) is 75.4 Å². The van der Waals surface area contributed by atoms with Crippen LogP contribution < -0.4 is 11.1 Å². The van der Waals surface area contributed by atoms with Crippen molar-refractivity contribution in [2.45, 2.75) is 39.3 Å². The quantitative estimate of drug-likeness (QED) is 0.885. The molecule has 1 atom stereocenters. The smallest absolute Gasteiger partial charge is 0.312 e. The average molecular weight is 351 g/mol. The van der Waals surface area contributed by atoms with E-state index in [1.807, 2.05) is 29.2 Å². The molecule has 3 N–H and O–H groups in total. The van der Waals surface area contributed by atoms with Gasteiger partial charge in [0.05, 0.1) is 6.04 Å². The second kappa shape index (κ2) is 7.60. The van der Waals surface area contributed by atoms with E-state index in [9.17, 15) is 9.59 Å². The zero-order chi connectivity index (χ0) is 18.7. The minimum Gasteiger partial charge on any atom is -0.352 e. The van der Waals surface area contributed by atoms with Gasteiger partial charge in [0.25, 0.3) is 5.91 Å². The summed E-state index contributed by atoms with van der Waals surface area (Å²) in [7, 11) is 0. The summed E-state index contributed by atoms with van der Waals surface area (Å²) in [5.74, 6) is 0.0557. The summed E-state index contributed by atoms with van der Waals surface area (Å²) in [6.07, 6.45) is 2.01. The Morgan fingerprint density at radius 1 is 1.12 bits per heavy atom. The molecule has 0 aliphatic carbocycles. The van der Waals surface area contributed by atoms with Gasteiger partial charge in [-0.05, 0) is 61.1 Å². The highest BCUT2D eigenvalue weighted by Gasteiger charge is 2.30. The summed E-state index contributed by atoms with van der Waals surface area (Å²) < 4.78 is 0. The van der Waals surface area contributed by atoms with Crippen molar-refractivity contribution in [1.29, 1.82) is 0 Å². The molecule has 1 aliphatic heterocycles. The first kappa shape index (κ1) is 18.0. The summed E-state index contributed by atoms with van der Waals surface area (Å²) >= 11 is 0. The first-order chi connectivity index (χ1) is 12.5. The number of rotatable bonds is 4. The van der Waals surface area contributed by atoms with Gasteiger partial charge in [0.15, 0.2) is 0 Å². The third-order valence-electron chi connectivity index (χ3n) is 5.10. The number of nitrogens with one attached hydrogen (secondary N) is 1. The van der Waals surface area contributed by atoms with E-state index in [2.05, 4.69) is 37.4 Å². The maximum Gasteiger partial charge on any atom is 0.312 e. The van der Waals surface area contributed by atoms with Crippen molar-refractivity contribution in [3.8, 4) is 0 Å². The van der Waals surface area contributed by atoms with Gasteiger partial charge in [-0.1, -0.05) is 30.3 Å². The molecule has 2 aromatic carbocycles. The van der Waals surface area contributed by atoms with Gasteiger partial charge in [0, 0.05) is 18.7 Å². The van der Waals surface area contributed by atoms with Gasteiger partial charge in [0.1, 0.15) is 0 Å². The van der Waals surface area contributed by atoms with Gasteiger partial charge in [-0.25, -0.2) is 4.79 Å². The van der Waals surface area contributed by atoms with Gasteiger partial charge >= 0.3 is 6.03 Å². The van der Waals surface area contributed by atoms with E-state index in [-0.39, 0.29) is 11.9 Å². The van der Waals surface area contributed by atoms with Crippen LogP contribution in [0.1, 0.15) is 51.5 Å². The number of carbonyl (C=O) groups excluding carboxylic acids is 2. The predicted molar refractivity (Wildman–Crippen MR) is 102 cm³/mol. The predicted octanol–water partition coefficient (Wildman–Crippen LogP) is 3.45. The highest BCUT2D eigenvalue weighted by Crippen LogP contribution is 2.34. The lowest BCUT2D eigenvalue weighted by Crippen LogP contribution is -2.30. The molecule has 0 unspecified atom stereocenters. The van der Waals surface area contributed by atoms with Crippen LogP contribution in [0.15, 0.2) is 42.5 Å². The van der Waals surface area contributed by atoms with Gasteiger partial charge in [-0.2, -0.15) is 0 Å². The minimum absolute atomic E-state index is 0.0557. The van der Waals surface area contributed by atoms with Crippen LogP contribution in [-0.4, -0.2) is 23.4 Å². The number of carbonyl (C=O) groups is 2. The fourth-order valence-electron chi connectivity index (χ4n) is 3.45. The van der Waals surface area contributed by atoms with E-state index in [4.69, 9.17) is 5.73 Å². The molecule has 1 heterocycles. The lowest BCUT2D eigenvalue weighted by Gasteiger charge is -2.26. The Morgan fingerprint density at radius 2 is 1.85 bits per heavy atom. The molecular formula is C21H25N3O2. The third kappa shape index (κ3) is 3.87. The molecule has 136 valence electrons. The lowest BCUT2D eigenvalue weighted by molar-refractivity contribution is 0.0735. The molecule has 0 aromatic heterocycles. The number of aryl methyl sites for hydroxylation is 2. The number of nitrogens with zero attached hydrogens (tertiary/aromatic N) is 1. The summed E-state index contributed by atoms with van der Waals surface area (Å²) in [6.45, 7) is 5.35. The highest BCUT2D eigenvalue weighted by molar-refractivity contribution is 5.94. The molecule has 0 spiro atoms. The zero-order valence-electron chi connectivity index (χ0n) is 15.3. The summed E-state index contributed by atoms with van der Waals surface area (Å²) in [6, 6.07) is 13.4. The molecule has 0 saturated carbocycles. The van der Waals surface area contributed by atoms with Crippen LogP contribution in [-0.2, 0) is 6.54 Å². The van der Waals surface area contributed by atoms with Crippen LogP contribution in [0.5, 0.6) is 0 Å². The number of nitrogens with two attached hydrogens (primary N) is 1. The Kier molecular flexibility index (Phi) is 5.26. The lowest BCUT2D eigenvalue weighted by atomic mass is 9.99. The maximum absolute atomic E-state index is 13.0. The van der Waals surface area contributed by atoms with E-state index >= 15 is 0 Å². The van der Waals surface area contributed by atoms with Crippen molar-refractivity contribution in [3.63, 3.8) is 0 Å². The van der Waals surface area contributed by atoms with Gasteiger partial charge < -0.3 is 16.0 Å². The molecule has 1 fully saturated rings. The monoisotopic (exact) mass is 351 g/mol. The number of urea groups is 1. The molecule has 3 amide bonds. The second-order valence-electron chi connectivity index (χ2n) is 6.91. The summed E-state index contributed by atoms with van der Waals surface area (Å²) in [5.41, 5.74) is 10.4. The number of hydrogen-bond donors (Lipinski definition) is 2. The first-order valence-corrected chi connectivity index (χ1v) is 8.96. The van der Waals surface area contributed by atoms with E-state index in [1.165, 1.54) is 16.7 Å². The number of primary amides is 1. The molecule has 0 radical (unpaired) electrons. The second-order valence-corrected chi connectivity index (χ2v) is 6.91. The van der Waals surface area contributed by atoms with E-state index in [1.54, 1.807) is 0 Å². The summed E-state index contributed by atoms with van der Waals surface area (Å²) in [5, 5.41) is 2.55. The Hall–Kier alpha value is -2.82. The van der Waals surface area contributed by atoms with Crippen molar-refractivity contribution in [2.24, 2.45) is 5.73 Å². The number of benzene rings is 2. The molecule has 2 aromatic rings. The molecule has 1 saturated heterocycles. The Morgan fingerprint density at radius 3 is 2.50 bits per heavy atom. The molecule has 5 heteroatoms. The van der Waals surface area contributed by atoms with E-state index in [0.717, 1.165) is 24.9 Å². The molecule has 0 bridgehead atoms. The van der Waals surface area contributed by atoms with E-state index < -0.39 is 6.03 Å². The molecule has 1 aliphatic rings. The Labute approximate surface area is 154 Å². The molecule has 5 nitrogen and oxygen atoms in total. The normalized spacial score (nSPS) is 16.5. The van der Waals surface area contributed by atoms with Crippen molar-refractivity contribution < 1.29 is 9.59 Å². The van der Waals surface area contributed by atoms with Gasteiger partial charge in [-0.15, -0.1) is 0 Å². The Bertz CT molecular complexity index is 815. The molecule has 3 rings (SSSR count). The minimum atomic E-state index is -0.557. The van der Waals surface area contributed by atoms with Crippen LogP contribution in [0.4, 0.5) is 4.79 Å². The summed E-state index contributed by atoms with van der Waals surface area (Å²) in [4.78, 5) is 25.8. The fourth-order valence-corrected chi connectivity index (χ4v) is 3.45. The average Bonchev–Trinajstić information content (AvgIpc) is 3.12. The van der Waals surface area contributed by atoms with E-state index in [0.29, 0.717) is 12.1 Å². The number of likely N-dealkylation sites (tertiary alicyclic amines) is 1. The number of amides is 3. The SMILES string of the molecule is Cc1ccc([C@H]2CCCN2C(=O)c2ccc(CNC(N)=O)cc2)cc1C. The molecule has 26 heavy (non-hydrogen) atoms. The largest absolute Gasteiger partial charge is 0.352 e. The van der Waals surface area contributed by atoms with Crippen molar-refractivity contribution >= 4 is 11.9 Å². The third-order valence-corrected chi connectivity index (χ3v) is 5.10. The van der Waals surface area contributed by atoms with Gasteiger partial charge in [0.2, 0.25) is 0 Å². The van der Waals surface area contributed by atoms with Crippen LogP contribution >= 0.6 is 0 Å². The van der Waals surface area contributed by atoms with Crippen LogP contribution in [0, 0.1) is 13.8 Å². The van der Waals surface area contributed by atoms with Crippen LogP contribution in [0.2, 0.25) is 0 Å². The fraction of sp³-hybridized carbons (Fsp3) is 0.333. The van der Waals surface area contributed by atoms with Crippen molar-refractivity contribution in [1.82, 2.24) is 10.2 Å². The van der Waals surface area contributed by atoms with Gasteiger partial charge in [-0.3, -0.25) is 4.79 Å². The van der Waals surface area contributed by atoms with Crippen LogP contribution in [0.25, 0.3) is 0 Å². The Balaban J connectivity index is 1.75. The van der Waals surface area contributed by atoms with Crippen molar-refractivity contribution in [2.75, 3.05) is 6.54 Å². The maximum atomic E-state index is 13.0. The highest BCUT2D eigenvalue weighted by atomic mass is 16.2. The number of hydrogen-bond acceptors (Lipinski definition) is 2. The van der Waals surface area contributed by atoms with Crippen molar-refractivity contribution in [3.05, 3.63) is 70.3 Å². The zero-order valence-corrected chi connectivity index (χ0v) is 15.3.